The van der Waals surface area contributed by atoms with Crippen LogP contribution in [0.5, 0.6) is 5.75 Å². The lowest BCUT2D eigenvalue weighted by Gasteiger charge is -2.31. The summed E-state index contributed by atoms with van der Waals surface area (Å²) in [5, 5.41) is 3.00. The molecule has 2 aromatic rings. The molecule has 1 N–H and O–H groups in total. The van der Waals surface area contributed by atoms with Gasteiger partial charge in [-0.3, -0.25) is 9.59 Å². The molecule has 0 unspecified atom stereocenters. The van der Waals surface area contributed by atoms with Crippen molar-refractivity contribution >= 4 is 27.7 Å². The molecule has 1 saturated heterocycles. The van der Waals surface area contributed by atoms with E-state index in [2.05, 4.69) is 21.2 Å². The van der Waals surface area contributed by atoms with E-state index in [0.29, 0.717) is 43.8 Å². The van der Waals surface area contributed by atoms with Crippen molar-refractivity contribution in [3.8, 4) is 5.75 Å². The van der Waals surface area contributed by atoms with Gasteiger partial charge < -0.3 is 15.0 Å². The summed E-state index contributed by atoms with van der Waals surface area (Å²) in [7, 11) is 1.59. The molecule has 0 bridgehead atoms. The normalized spacial score (nSPS) is 14.7. The minimum atomic E-state index is -0.0413. The molecule has 1 aliphatic rings. The maximum absolute atomic E-state index is 12.7. The van der Waals surface area contributed by atoms with Gasteiger partial charge in [0.2, 0.25) is 5.91 Å². The van der Waals surface area contributed by atoms with Crippen molar-refractivity contribution in [2.75, 3.05) is 20.2 Å². The number of carbonyl (C=O) groups is 2. The zero-order valence-corrected chi connectivity index (χ0v) is 16.9. The van der Waals surface area contributed by atoms with Crippen LogP contribution in [0.4, 0.5) is 0 Å². The van der Waals surface area contributed by atoms with Crippen LogP contribution in [0, 0.1) is 5.92 Å². The standard InChI is InChI=1S/C21H23BrN2O3/c1-27-19-8-7-17(13-18(19)22)21(26)24-11-9-16(10-12-24)20(25)23-14-15-5-3-2-4-6-15/h2-8,13,16H,9-12,14H2,1H3,(H,23,25). The van der Waals surface area contributed by atoms with E-state index in [0.717, 1.165) is 10.0 Å². The number of amides is 2. The van der Waals surface area contributed by atoms with Gasteiger partial charge in [0.1, 0.15) is 5.75 Å². The van der Waals surface area contributed by atoms with Gasteiger partial charge in [-0.25, -0.2) is 0 Å². The summed E-state index contributed by atoms with van der Waals surface area (Å²) in [5.74, 6) is 0.709. The molecule has 27 heavy (non-hydrogen) atoms. The first-order chi connectivity index (χ1) is 13.1. The number of ether oxygens (including phenoxy) is 1. The van der Waals surface area contributed by atoms with Gasteiger partial charge in [0.05, 0.1) is 11.6 Å². The van der Waals surface area contributed by atoms with Crippen LogP contribution in [-0.4, -0.2) is 36.9 Å². The first kappa shape index (κ1) is 19.4. The number of piperidine rings is 1. The Morgan fingerprint density at radius 2 is 1.85 bits per heavy atom. The molecular formula is C21H23BrN2O3. The van der Waals surface area contributed by atoms with E-state index in [1.807, 2.05) is 35.2 Å². The first-order valence-corrected chi connectivity index (χ1v) is 9.82. The Labute approximate surface area is 167 Å². The highest BCUT2D eigenvalue weighted by Gasteiger charge is 2.27. The number of nitrogens with zero attached hydrogens (tertiary/aromatic N) is 1. The highest BCUT2D eigenvalue weighted by molar-refractivity contribution is 9.10. The molecule has 5 nitrogen and oxygen atoms in total. The number of benzene rings is 2. The van der Waals surface area contributed by atoms with Crippen molar-refractivity contribution in [1.82, 2.24) is 10.2 Å². The van der Waals surface area contributed by atoms with Gasteiger partial charge in [-0.05, 0) is 52.5 Å². The summed E-state index contributed by atoms with van der Waals surface area (Å²) in [4.78, 5) is 26.9. The zero-order chi connectivity index (χ0) is 19.2. The highest BCUT2D eigenvalue weighted by atomic mass is 79.9. The molecule has 3 rings (SSSR count). The number of carbonyl (C=O) groups excluding carboxylic acids is 2. The van der Waals surface area contributed by atoms with Gasteiger partial charge in [0.15, 0.2) is 0 Å². The number of likely N-dealkylation sites (tertiary alicyclic amines) is 1. The van der Waals surface area contributed by atoms with E-state index in [4.69, 9.17) is 4.74 Å². The van der Waals surface area contributed by atoms with Crippen LogP contribution in [0.2, 0.25) is 0 Å². The summed E-state index contributed by atoms with van der Waals surface area (Å²) in [5.41, 5.74) is 1.71. The monoisotopic (exact) mass is 430 g/mol. The number of hydrogen-bond donors (Lipinski definition) is 1. The number of halogens is 1. The molecule has 0 atom stereocenters. The Hall–Kier alpha value is -2.34. The predicted molar refractivity (Wildman–Crippen MR) is 108 cm³/mol. The second kappa shape index (κ2) is 9.04. The van der Waals surface area contributed by atoms with E-state index in [1.54, 1.807) is 25.3 Å². The van der Waals surface area contributed by atoms with Gasteiger partial charge in [0.25, 0.3) is 5.91 Å². The topological polar surface area (TPSA) is 58.6 Å². The molecule has 2 amide bonds. The van der Waals surface area contributed by atoms with Crippen LogP contribution in [0.3, 0.4) is 0 Å². The maximum atomic E-state index is 12.7. The summed E-state index contributed by atoms with van der Waals surface area (Å²) in [6.07, 6.45) is 1.37. The predicted octanol–water partition coefficient (Wildman–Crippen LogP) is 3.63. The lowest BCUT2D eigenvalue weighted by molar-refractivity contribution is -0.126. The van der Waals surface area contributed by atoms with E-state index < -0.39 is 0 Å². The fraction of sp³-hybridized carbons (Fsp3) is 0.333. The molecule has 0 aliphatic carbocycles. The number of methoxy groups -OCH3 is 1. The summed E-state index contributed by atoms with van der Waals surface area (Å²) >= 11 is 3.42. The fourth-order valence-corrected chi connectivity index (χ4v) is 3.80. The van der Waals surface area contributed by atoms with Crippen molar-refractivity contribution in [1.29, 1.82) is 0 Å². The quantitative estimate of drug-likeness (QED) is 0.787. The van der Waals surface area contributed by atoms with Gasteiger partial charge in [0, 0.05) is 31.1 Å². The second-order valence-electron chi connectivity index (χ2n) is 6.62. The van der Waals surface area contributed by atoms with Gasteiger partial charge in [-0.2, -0.15) is 0 Å². The van der Waals surface area contributed by atoms with Crippen molar-refractivity contribution in [2.24, 2.45) is 5.92 Å². The Kier molecular flexibility index (Phi) is 6.50. The van der Waals surface area contributed by atoms with E-state index >= 15 is 0 Å². The van der Waals surface area contributed by atoms with Crippen LogP contribution in [-0.2, 0) is 11.3 Å². The van der Waals surface area contributed by atoms with Crippen molar-refractivity contribution < 1.29 is 14.3 Å². The molecule has 0 radical (unpaired) electrons. The Morgan fingerprint density at radius 1 is 1.15 bits per heavy atom. The molecule has 0 spiro atoms. The molecule has 1 heterocycles. The number of hydrogen-bond acceptors (Lipinski definition) is 3. The maximum Gasteiger partial charge on any atom is 0.253 e. The molecule has 6 heteroatoms. The Bertz CT molecular complexity index is 802. The Balaban J connectivity index is 1.51. The van der Waals surface area contributed by atoms with Crippen molar-refractivity contribution in [3.05, 3.63) is 64.1 Å². The average Bonchev–Trinajstić information content (AvgIpc) is 2.72. The van der Waals surface area contributed by atoms with Crippen molar-refractivity contribution in [3.63, 3.8) is 0 Å². The SMILES string of the molecule is COc1ccc(C(=O)N2CCC(C(=O)NCc3ccccc3)CC2)cc1Br. The number of nitrogens with one attached hydrogen (secondary N) is 1. The van der Waals surface area contributed by atoms with E-state index in [1.165, 1.54) is 0 Å². The van der Waals surface area contributed by atoms with Crippen LogP contribution < -0.4 is 10.1 Å². The molecule has 2 aromatic carbocycles. The summed E-state index contributed by atoms with van der Waals surface area (Å²) in [6, 6.07) is 15.2. The molecule has 142 valence electrons. The lowest BCUT2D eigenvalue weighted by atomic mass is 9.95. The second-order valence-corrected chi connectivity index (χ2v) is 7.47. The van der Waals surface area contributed by atoms with Gasteiger partial charge in [-0.15, -0.1) is 0 Å². The summed E-state index contributed by atoms with van der Waals surface area (Å²) in [6.45, 7) is 1.72. The third-order valence-corrected chi connectivity index (χ3v) is 5.48. The van der Waals surface area contributed by atoms with Crippen molar-refractivity contribution in [2.45, 2.75) is 19.4 Å². The van der Waals surface area contributed by atoms with Gasteiger partial charge in [-0.1, -0.05) is 30.3 Å². The third kappa shape index (κ3) is 4.89. The first-order valence-electron chi connectivity index (χ1n) is 9.03. The molecule has 0 saturated carbocycles. The fourth-order valence-electron chi connectivity index (χ4n) is 3.26. The third-order valence-electron chi connectivity index (χ3n) is 4.86. The summed E-state index contributed by atoms with van der Waals surface area (Å²) < 4.78 is 5.96. The molecule has 1 fully saturated rings. The van der Waals surface area contributed by atoms with Crippen LogP contribution >= 0.6 is 15.9 Å². The van der Waals surface area contributed by atoms with Crippen LogP contribution in [0.1, 0.15) is 28.8 Å². The molecular weight excluding hydrogens is 408 g/mol. The highest BCUT2D eigenvalue weighted by Crippen LogP contribution is 2.27. The van der Waals surface area contributed by atoms with Crippen LogP contribution in [0.15, 0.2) is 53.0 Å². The van der Waals surface area contributed by atoms with E-state index in [9.17, 15) is 9.59 Å². The number of rotatable bonds is 5. The molecule has 1 aliphatic heterocycles. The Morgan fingerprint density at radius 3 is 2.48 bits per heavy atom. The van der Waals surface area contributed by atoms with E-state index in [-0.39, 0.29) is 17.7 Å². The smallest absolute Gasteiger partial charge is 0.253 e. The van der Waals surface area contributed by atoms with Crippen LogP contribution in [0.25, 0.3) is 0 Å². The molecule has 0 aromatic heterocycles. The van der Waals surface area contributed by atoms with Gasteiger partial charge >= 0.3 is 0 Å². The zero-order valence-electron chi connectivity index (χ0n) is 15.3. The minimum Gasteiger partial charge on any atom is -0.496 e. The average molecular weight is 431 g/mol. The lowest BCUT2D eigenvalue weighted by Crippen LogP contribution is -2.42. The minimum absolute atomic E-state index is 0.0125. The largest absolute Gasteiger partial charge is 0.496 e.